The zero-order valence-corrected chi connectivity index (χ0v) is 6.45. The lowest BCUT2D eigenvalue weighted by Crippen LogP contribution is -2.01. The summed E-state index contributed by atoms with van der Waals surface area (Å²) in [6.07, 6.45) is 0. The molecular formula is C7H7BFO3. The van der Waals surface area contributed by atoms with E-state index >= 15 is 0 Å². The van der Waals surface area contributed by atoms with E-state index in [1.165, 1.54) is 25.3 Å². The average Bonchev–Trinajstić information content (AvgIpc) is 2.09. The zero-order chi connectivity index (χ0) is 8.97. The van der Waals surface area contributed by atoms with Gasteiger partial charge < -0.3 is 14.4 Å². The van der Waals surface area contributed by atoms with Gasteiger partial charge in [0.15, 0.2) is 5.82 Å². The number of hydrogen-bond acceptors (Lipinski definition) is 3. The van der Waals surface area contributed by atoms with Crippen molar-refractivity contribution in [3.63, 3.8) is 0 Å². The van der Waals surface area contributed by atoms with Gasteiger partial charge in [0.2, 0.25) is 0 Å². The minimum atomic E-state index is -0.555. The smallest absolute Gasteiger partial charge is 0.535 e. The molecule has 0 aromatic heterocycles. The van der Waals surface area contributed by atoms with Crippen LogP contribution in [-0.2, 0) is 0 Å². The van der Waals surface area contributed by atoms with Crippen molar-refractivity contribution < 1.29 is 18.8 Å². The minimum Gasteiger partial charge on any atom is -0.535 e. The van der Waals surface area contributed by atoms with E-state index in [9.17, 15) is 4.39 Å². The summed E-state index contributed by atoms with van der Waals surface area (Å²) in [4.78, 5) is 0. The summed E-state index contributed by atoms with van der Waals surface area (Å²) < 4.78 is 22.0. The Morgan fingerprint density at radius 3 is 2.83 bits per heavy atom. The molecule has 0 atom stereocenters. The topological polar surface area (TPSA) is 38.7 Å². The molecule has 5 heteroatoms. The standard InChI is InChI=1S/C7H7BFO3/c1-11-5-2-3-6(9)7(4-5)12-8-10/h2-4,10H,1H3. The van der Waals surface area contributed by atoms with Gasteiger partial charge in [-0.3, -0.25) is 0 Å². The number of methoxy groups -OCH3 is 1. The van der Waals surface area contributed by atoms with Gasteiger partial charge >= 0.3 is 7.69 Å². The van der Waals surface area contributed by atoms with Gasteiger partial charge in [-0.25, -0.2) is 4.39 Å². The fourth-order valence-electron chi connectivity index (χ4n) is 0.758. The van der Waals surface area contributed by atoms with Crippen molar-refractivity contribution in [2.24, 2.45) is 0 Å². The fourth-order valence-corrected chi connectivity index (χ4v) is 0.758. The number of halogens is 1. The van der Waals surface area contributed by atoms with Crippen LogP contribution in [0.2, 0.25) is 0 Å². The van der Waals surface area contributed by atoms with Crippen molar-refractivity contribution in [2.45, 2.75) is 0 Å². The molecule has 0 unspecified atom stereocenters. The van der Waals surface area contributed by atoms with Crippen LogP contribution in [0.4, 0.5) is 4.39 Å². The lowest BCUT2D eigenvalue weighted by molar-refractivity contribution is 0.401. The van der Waals surface area contributed by atoms with Crippen LogP contribution in [0, 0.1) is 5.82 Å². The summed E-state index contributed by atoms with van der Waals surface area (Å²) >= 11 is 0. The Morgan fingerprint density at radius 2 is 2.25 bits per heavy atom. The van der Waals surface area contributed by atoms with Gasteiger partial charge in [0.1, 0.15) is 11.5 Å². The molecule has 1 aromatic carbocycles. The Kier molecular flexibility index (Phi) is 2.93. The summed E-state index contributed by atoms with van der Waals surface area (Å²) in [7, 11) is 1.87. The second kappa shape index (κ2) is 3.97. The van der Waals surface area contributed by atoms with Gasteiger partial charge in [-0.15, -0.1) is 0 Å². The van der Waals surface area contributed by atoms with Gasteiger partial charge in [-0.05, 0) is 12.1 Å². The van der Waals surface area contributed by atoms with E-state index in [2.05, 4.69) is 4.65 Å². The Hall–Kier alpha value is -1.23. The molecule has 0 heterocycles. The van der Waals surface area contributed by atoms with E-state index in [4.69, 9.17) is 9.76 Å². The molecule has 1 radical (unpaired) electrons. The molecule has 1 aromatic rings. The third-order valence-electron chi connectivity index (χ3n) is 1.32. The summed E-state index contributed by atoms with van der Waals surface area (Å²) in [5.41, 5.74) is 0. The summed E-state index contributed by atoms with van der Waals surface area (Å²) in [5.74, 6) is -0.161. The highest BCUT2D eigenvalue weighted by Gasteiger charge is 2.04. The van der Waals surface area contributed by atoms with E-state index in [0.717, 1.165) is 0 Å². The number of rotatable bonds is 3. The van der Waals surface area contributed by atoms with Crippen molar-refractivity contribution in [3.8, 4) is 11.5 Å². The molecule has 0 bridgehead atoms. The third-order valence-corrected chi connectivity index (χ3v) is 1.32. The van der Waals surface area contributed by atoms with Crippen LogP contribution in [0.1, 0.15) is 0 Å². The quantitative estimate of drug-likeness (QED) is 0.678. The number of hydrogen-bond donors (Lipinski definition) is 1. The first-order valence-corrected chi connectivity index (χ1v) is 3.24. The van der Waals surface area contributed by atoms with Gasteiger partial charge in [-0.1, -0.05) is 0 Å². The molecule has 0 aliphatic heterocycles. The van der Waals surface area contributed by atoms with E-state index in [1.54, 1.807) is 0 Å². The maximum atomic E-state index is 12.8. The van der Waals surface area contributed by atoms with Crippen LogP contribution in [0.15, 0.2) is 18.2 Å². The predicted octanol–water partition coefficient (Wildman–Crippen LogP) is 0.740. The monoisotopic (exact) mass is 169 g/mol. The first kappa shape index (κ1) is 8.87. The highest BCUT2D eigenvalue weighted by molar-refractivity contribution is 6.17. The molecule has 0 aliphatic carbocycles. The van der Waals surface area contributed by atoms with Gasteiger partial charge in [-0.2, -0.15) is 0 Å². The van der Waals surface area contributed by atoms with Gasteiger partial charge in [0.05, 0.1) is 7.11 Å². The van der Waals surface area contributed by atoms with Crippen molar-refractivity contribution in [2.75, 3.05) is 7.11 Å². The molecule has 0 saturated carbocycles. The molecule has 0 spiro atoms. The zero-order valence-electron chi connectivity index (χ0n) is 6.45. The Morgan fingerprint density at radius 1 is 1.50 bits per heavy atom. The molecule has 1 N–H and O–H groups in total. The van der Waals surface area contributed by atoms with Gasteiger partial charge in [0, 0.05) is 6.07 Å². The molecule has 0 fully saturated rings. The highest BCUT2D eigenvalue weighted by Crippen LogP contribution is 2.22. The maximum Gasteiger partial charge on any atom is 0.569 e. The molecule has 63 valence electrons. The van der Waals surface area contributed by atoms with E-state index in [1.807, 2.05) is 0 Å². The normalized spacial score (nSPS) is 9.25. The van der Waals surface area contributed by atoms with Crippen molar-refractivity contribution in [1.82, 2.24) is 0 Å². The lowest BCUT2D eigenvalue weighted by Gasteiger charge is -2.05. The largest absolute Gasteiger partial charge is 0.569 e. The molecule has 0 amide bonds. The third kappa shape index (κ3) is 1.89. The second-order valence-electron chi connectivity index (χ2n) is 2.02. The summed E-state index contributed by atoms with van der Waals surface area (Å²) in [5, 5.41) is 8.25. The van der Waals surface area contributed by atoms with Crippen LogP contribution in [0.3, 0.4) is 0 Å². The van der Waals surface area contributed by atoms with Crippen molar-refractivity contribution in [3.05, 3.63) is 24.0 Å². The number of ether oxygens (including phenoxy) is 1. The summed E-state index contributed by atoms with van der Waals surface area (Å²) in [6, 6.07) is 3.99. The minimum absolute atomic E-state index is 0.0724. The van der Waals surface area contributed by atoms with Crippen LogP contribution in [0.25, 0.3) is 0 Å². The predicted molar refractivity (Wildman–Crippen MR) is 41.6 cm³/mol. The van der Waals surface area contributed by atoms with Crippen LogP contribution in [0.5, 0.6) is 11.5 Å². The maximum absolute atomic E-state index is 12.8. The Balaban J connectivity index is 2.91. The number of benzene rings is 1. The fraction of sp³-hybridized carbons (Fsp3) is 0.143. The van der Waals surface area contributed by atoms with E-state index < -0.39 is 5.82 Å². The first-order valence-electron chi connectivity index (χ1n) is 3.24. The van der Waals surface area contributed by atoms with Gasteiger partial charge in [0.25, 0.3) is 0 Å². The SMILES string of the molecule is COc1ccc(F)c(O[B]O)c1. The van der Waals surface area contributed by atoms with Crippen LogP contribution >= 0.6 is 0 Å². The van der Waals surface area contributed by atoms with Crippen molar-refractivity contribution >= 4 is 7.69 Å². The molecule has 0 saturated heterocycles. The van der Waals surface area contributed by atoms with Crippen LogP contribution in [-0.4, -0.2) is 19.8 Å². The molecule has 1 rings (SSSR count). The van der Waals surface area contributed by atoms with Crippen LogP contribution < -0.4 is 9.39 Å². The molecule has 12 heavy (non-hydrogen) atoms. The highest BCUT2D eigenvalue weighted by atomic mass is 19.1. The Bertz CT molecular complexity index is 267. The molecule has 3 nitrogen and oxygen atoms in total. The summed E-state index contributed by atoms with van der Waals surface area (Å²) in [6.45, 7) is 0. The second-order valence-corrected chi connectivity index (χ2v) is 2.02. The lowest BCUT2D eigenvalue weighted by atomic mass is 10.3. The van der Waals surface area contributed by atoms with E-state index in [-0.39, 0.29) is 5.75 Å². The first-order chi connectivity index (χ1) is 5.77. The molecule has 0 aliphatic rings. The molecular weight excluding hydrogens is 162 g/mol. The van der Waals surface area contributed by atoms with Crippen molar-refractivity contribution in [1.29, 1.82) is 0 Å². The Labute approximate surface area is 70.0 Å². The van der Waals surface area contributed by atoms with E-state index in [0.29, 0.717) is 13.4 Å². The average molecular weight is 169 g/mol.